The minimum atomic E-state index is -0.263. The maximum absolute atomic E-state index is 12.1. The Hall–Kier alpha value is -2.43. The number of amides is 1. The second-order valence-corrected chi connectivity index (χ2v) is 4.79. The number of rotatable bonds is 4. The topological polar surface area (TPSA) is 66.9 Å². The van der Waals surface area contributed by atoms with Gasteiger partial charge in [0, 0.05) is 12.7 Å². The Bertz CT molecular complexity index is 593. The van der Waals surface area contributed by atoms with E-state index in [0.29, 0.717) is 17.4 Å². The molecule has 0 aliphatic carbocycles. The van der Waals surface area contributed by atoms with Crippen molar-refractivity contribution in [2.75, 3.05) is 17.7 Å². The highest BCUT2D eigenvalue weighted by molar-refractivity contribution is 6.02. The van der Waals surface area contributed by atoms with E-state index in [2.05, 4.69) is 34.7 Å². The van der Waals surface area contributed by atoms with Crippen LogP contribution in [0.25, 0.3) is 0 Å². The molecule has 2 rings (SSSR count). The molecule has 5 heteroatoms. The third-order valence-electron chi connectivity index (χ3n) is 2.96. The van der Waals surface area contributed by atoms with Gasteiger partial charge in [0.1, 0.15) is 5.82 Å². The highest BCUT2D eigenvalue weighted by atomic mass is 16.1. The van der Waals surface area contributed by atoms with Gasteiger partial charge >= 0.3 is 0 Å². The van der Waals surface area contributed by atoms with Gasteiger partial charge < -0.3 is 10.6 Å². The zero-order chi connectivity index (χ0) is 14.5. The van der Waals surface area contributed by atoms with Crippen LogP contribution >= 0.6 is 0 Å². The van der Waals surface area contributed by atoms with E-state index in [1.54, 1.807) is 19.2 Å². The zero-order valence-electron chi connectivity index (χ0n) is 11.8. The molecule has 0 spiro atoms. The first-order chi connectivity index (χ1) is 9.60. The summed E-state index contributed by atoms with van der Waals surface area (Å²) in [5.74, 6) is 0.783. The second-order valence-electron chi connectivity index (χ2n) is 4.79. The summed E-state index contributed by atoms with van der Waals surface area (Å²) >= 11 is 0. The Kier molecular flexibility index (Phi) is 4.30. The van der Waals surface area contributed by atoms with Crippen molar-refractivity contribution in [2.24, 2.45) is 0 Å². The predicted octanol–water partition coefficient (Wildman–Crippen LogP) is 2.89. The number of hydrogen-bond acceptors (Lipinski definition) is 4. The van der Waals surface area contributed by atoms with Gasteiger partial charge in [-0.2, -0.15) is 0 Å². The van der Waals surface area contributed by atoms with E-state index >= 15 is 0 Å². The van der Waals surface area contributed by atoms with E-state index < -0.39 is 0 Å². The molecule has 2 aromatic rings. The third kappa shape index (κ3) is 3.32. The van der Waals surface area contributed by atoms with Crippen LogP contribution in [0.15, 0.2) is 36.4 Å². The monoisotopic (exact) mass is 270 g/mol. The lowest BCUT2D eigenvalue weighted by atomic mass is 10.0. The highest BCUT2D eigenvalue weighted by Crippen LogP contribution is 2.18. The van der Waals surface area contributed by atoms with Crippen LogP contribution in [0.5, 0.6) is 0 Å². The van der Waals surface area contributed by atoms with Crippen molar-refractivity contribution in [1.29, 1.82) is 0 Å². The smallest absolute Gasteiger partial charge is 0.276 e. The first-order valence-electron chi connectivity index (χ1n) is 6.53. The van der Waals surface area contributed by atoms with Gasteiger partial charge in [0.15, 0.2) is 5.69 Å². The largest absolute Gasteiger partial charge is 0.372 e. The lowest BCUT2D eigenvalue weighted by Gasteiger charge is -2.09. The number of carbonyl (C=O) groups is 1. The lowest BCUT2D eigenvalue weighted by molar-refractivity contribution is 0.102. The van der Waals surface area contributed by atoms with Crippen LogP contribution in [0.1, 0.15) is 35.8 Å². The van der Waals surface area contributed by atoms with E-state index in [1.807, 2.05) is 24.3 Å². The molecule has 1 amide bonds. The van der Waals surface area contributed by atoms with Gasteiger partial charge in [-0.25, -0.2) is 0 Å². The molecule has 1 aromatic heterocycles. The van der Waals surface area contributed by atoms with Crippen LogP contribution in [0.4, 0.5) is 11.5 Å². The number of nitrogens with one attached hydrogen (secondary N) is 2. The molecule has 104 valence electrons. The van der Waals surface area contributed by atoms with Gasteiger partial charge in [-0.05, 0) is 35.7 Å². The molecule has 0 saturated heterocycles. The molecule has 0 atom stereocenters. The fraction of sp³-hybridized carbons (Fsp3) is 0.267. The first kappa shape index (κ1) is 14.0. The SMILES string of the molecule is CNc1ccc(C(=O)Nc2cccc(C(C)C)c2)nn1. The van der Waals surface area contributed by atoms with Crippen LogP contribution in [0, 0.1) is 0 Å². The van der Waals surface area contributed by atoms with E-state index in [0.717, 1.165) is 5.69 Å². The van der Waals surface area contributed by atoms with E-state index in [1.165, 1.54) is 5.56 Å². The zero-order valence-corrected chi connectivity index (χ0v) is 11.8. The molecule has 1 heterocycles. The van der Waals surface area contributed by atoms with Gasteiger partial charge in [0.25, 0.3) is 5.91 Å². The van der Waals surface area contributed by atoms with Crippen molar-refractivity contribution in [3.63, 3.8) is 0 Å². The molecule has 1 aromatic carbocycles. The Labute approximate surface area is 118 Å². The number of nitrogens with zero attached hydrogens (tertiary/aromatic N) is 2. The molecule has 0 aliphatic heterocycles. The normalized spacial score (nSPS) is 10.4. The van der Waals surface area contributed by atoms with Crippen LogP contribution < -0.4 is 10.6 Å². The molecule has 0 unspecified atom stereocenters. The average Bonchev–Trinajstić information content (AvgIpc) is 2.47. The Morgan fingerprint density at radius 1 is 1.15 bits per heavy atom. The molecule has 0 radical (unpaired) electrons. The van der Waals surface area contributed by atoms with Crippen LogP contribution in [-0.4, -0.2) is 23.2 Å². The molecule has 2 N–H and O–H groups in total. The average molecular weight is 270 g/mol. The van der Waals surface area contributed by atoms with Crippen molar-refractivity contribution in [2.45, 2.75) is 19.8 Å². The second kappa shape index (κ2) is 6.14. The highest BCUT2D eigenvalue weighted by Gasteiger charge is 2.09. The van der Waals surface area contributed by atoms with E-state index in [9.17, 15) is 4.79 Å². The molecule has 20 heavy (non-hydrogen) atoms. The summed E-state index contributed by atoms with van der Waals surface area (Å²) in [6.45, 7) is 4.23. The van der Waals surface area contributed by atoms with Gasteiger partial charge in [-0.15, -0.1) is 10.2 Å². The number of carbonyl (C=O) groups excluding carboxylic acids is 1. The summed E-state index contributed by atoms with van der Waals surface area (Å²) in [4.78, 5) is 12.1. The third-order valence-corrected chi connectivity index (χ3v) is 2.96. The summed E-state index contributed by atoms with van der Waals surface area (Å²) < 4.78 is 0. The summed E-state index contributed by atoms with van der Waals surface area (Å²) in [7, 11) is 1.75. The van der Waals surface area contributed by atoms with E-state index in [4.69, 9.17) is 0 Å². The van der Waals surface area contributed by atoms with Gasteiger partial charge in [-0.3, -0.25) is 4.79 Å². The molecule has 0 bridgehead atoms. The molecule has 0 saturated carbocycles. The van der Waals surface area contributed by atoms with Crippen LogP contribution in [0.2, 0.25) is 0 Å². The molecular weight excluding hydrogens is 252 g/mol. The van der Waals surface area contributed by atoms with Gasteiger partial charge in [0.2, 0.25) is 0 Å². The Morgan fingerprint density at radius 2 is 1.95 bits per heavy atom. The number of aromatic nitrogens is 2. The summed E-state index contributed by atoms with van der Waals surface area (Å²) in [6.07, 6.45) is 0. The minimum absolute atomic E-state index is 0.263. The van der Waals surface area contributed by atoms with Crippen molar-refractivity contribution < 1.29 is 4.79 Å². The van der Waals surface area contributed by atoms with Crippen molar-refractivity contribution in [3.05, 3.63) is 47.7 Å². The maximum Gasteiger partial charge on any atom is 0.276 e. The van der Waals surface area contributed by atoms with Crippen LogP contribution in [-0.2, 0) is 0 Å². The number of hydrogen-bond donors (Lipinski definition) is 2. The maximum atomic E-state index is 12.1. The lowest BCUT2D eigenvalue weighted by Crippen LogP contribution is -2.14. The van der Waals surface area contributed by atoms with Gasteiger partial charge in [0.05, 0.1) is 0 Å². The van der Waals surface area contributed by atoms with Crippen molar-refractivity contribution in [1.82, 2.24) is 10.2 Å². The first-order valence-corrected chi connectivity index (χ1v) is 6.53. The standard InChI is InChI=1S/C15H18N4O/c1-10(2)11-5-4-6-12(9-11)17-15(20)13-7-8-14(16-3)19-18-13/h4-10H,1-3H3,(H,16,19)(H,17,20). The molecule has 0 fully saturated rings. The van der Waals surface area contributed by atoms with Crippen molar-refractivity contribution >= 4 is 17.4 Å². The number of anilines is 2. The molecule has 0 aliphatic rings. The predicted molar refractivity (Wildman–Crippen MR) is 80.1 cm³/mol. The summed E-state index contributed by atoms with van der Waals surface area (Å²) in [6, 6.07) is 11.2. The summed E-state index contributed by atoms with van der Waals surface area (Å²) in [5.41, 5.74) is 2.24. The Morgan fingerprint density at radius 3 is 2.55 bits per heavy atom. The fourth-order valence-corrected chi connectivity index (χ4v) is 1.76. The minimum Gasteiger partial charge on any atom is -0.372 e. The molecular formula is C15H18N4O. The quantitative estimate of drug-likeness (QED) is 0.896. The Balaban J connectivity index is 2.12. The van der Waals surface area contributed by atoms with Crippen molar-refractivity contribution in [3.8, 4) is 0 Å². The number of benzene rings is 1. The van der Waals surface area contributed by atoms with Crippen LogP contribution in [0.3, 0.4) is 0 Å². The van der Waals surface area contributed by atoms with E-state index in [-0.39, 0.29) is 5.91 Å². The summed E-state index contributed by atoms with van der Waals surface area (Å²) in [5, 5.41) is 13.4. The van der Waals surface area contributed by atoms with Gasteiger partial charge in [-0.1, -0.05) is 26.0 Å². The molecule has 5 nitrogen and oxygen atoms in total. The fourth-order valence-electron chi connectivity index (χ4n) is 1.76.